The van der Waals surface area contributed by atoms with Gasteiger partial charge in [0.1, 0.15) is 0 Å². The van der Waals surface area contributed by atoms with E-state index in [0.717, 1.165) is 19.4 Å². The van der Waals surface area contributed by atoms with Gasteiger partial charge in [-0.15, -0.1) is 0 Å². The topological polar surface area (TPSA) is 29.3 Å². The Morgan fingerprint density at radius 1 is 1.14 bits per heavy atom. The zero-order chi connectivity index (χ0) is 14.8. The van der Waals surface area contributed by atoms with E-state index in [4.69, 9.17) is 5.73 Å². The van der Waals surface area contributed by atoms with Crippen molar-refractivity contribution in [2.75, 3.05) is 13.1 Å². The number of benzene rings is 1. The van der Waals surface area contributed by atoms with Crippen LogP contribution in [0.25, 0.3) is 0 Å². The number of rotatable bonds is 3. The average molecular weight is 294 g/mol. The Morgan fingerprint density at radius 2 is 1.90 bits per heavy atom. The van der Waals surface area contributed by atoms with Crippen molar-refractivity contribution in [2.24, 2.45) is 11.7 Å². The molecule has 4 heteroatoms. The van der Waals surface area contributed by atoms with Gasteiger partial charge in [-0.05, 0) is 44.2 Å². The molecule has 3 rings (SSSR count). The fourth-order valence-corrected chi connectivity index (χ4v) is 4.27. The summed E-state index contributed by atoms with van der Waals surface area (Å²) < 4.78 is 27.7. The van der Waals surface area contributed by atoms with Gasteiger partial charge in [0.25, 0.3) is 0 Å². The van der Waals surface area contributed by atoms with E-state index in [1.54, 1.807) is 12.1 Å². The molecule has 21 heavy (non-hydrogen) atoms. The van der Waals surface area contributed by atoms with Gasteiger partial charge >= 0.3 is 0 Å². The highest BCUT2D eigenvalue weighted by Gasteiger charge is 2.37. The lowest BCUT2D eigenvalue weighted by Gasteiger charge is -2.47. The third-order valence-electron chi connectivity index (χ3n) is 5.25. The molecule has 0 radical (unpaired) electrons. The highest BCUT2D eigenvalue weighted by atomic mass is 19.2. The van der Waals surface area contributed by atoms with Crippen molar-refractivity contribution in [1.82, 2.24) is 4.90 Å². The molecule has 1 saturated heterocycles. The fourth-order valence-electron chi connectivity index (χ4n) is 4.27. The maximum atomic E-state index is 14.2. The van der Waals surface area contributed by atoms with Crippen LogP contribution in [0.4, 0.5) is 8.78 Å². The zero-order valence-corrected chi connectivity index (χ0v) is 12.4. The van der Waals surface area contributed by atoms with E-state index in [0.29, 0.717) is 24.1 Å². The third kappa shape index (κ3) is 2.84. The number of likely N-dealkylation sites (tertiary alicyclic amines) is 1. The number of halogens is 2. The molecule has 2 N–H and O–H groups in total. The molecule has 2 aliphatic rings. The lowest BCUT2D eigenvalue weighted by Crippen LogP contribution is -2.50. The number of hydrogen-bond acceptors (Lipinski definition) is 2. The molecule has 1 aromatic carbocycles. The van der Waals surface area contributed by atoms with Crippen molar-refractivity contribution in [3.05, 3.63) is 35.4 Å². The molecule has 3 atom stereocenters. The summed E-state index contributed by atoms with van der Waals surface area (Å²) in [4.78, 5) is 2.35. The van der Waals surface area contributed by atoms with Gasteiger partial charge < -0.3 is 5.73 Å². The summed E-state index contributed by atoms with van der Waals surface area (Å²) in [6, 6.07) is 4.72. The number of nitrogens with two attached hydrogens (primary N) is 1. The lowest BCUT2D eigenvalue weighted by atomic mass is 9.77. The molecular formula is C17H24F2N2. The minimum Gasteiger partial charge on any atom is -0.329 e. The SMILES string of the molecule is NCC(c1cccc(F)c1F)N1CCC[C@H]2CCCC[C@H]21. The second kappa shape index (κ2) is 6.41. The van der Waals surface area contributed by atoms with Crippen LogP contribution >= 0.6 is 0 Å². The van der Waals surface area contributed by atoms with Crippen molar-refractivity contribution < 1.29 is 8.78 Å². The normalized spacial score (nSPS) is 28.1. The Hall–Kier alpha value is -1.00. The standard InChI is InChI=1S/C17H24F2N2/c18-14-8-3-7-13(17(14)19)16(11-20)21-10-4-6-12-5-1-2-9-15(12)21/h3,7-8,12,15-16H,1-2,4-6,9-11,20H2/t12-,15-,16?/m1/s1. The Bertz CT molecular complexity index is 490. The smallest absolute Gasteiger partial charge is 0.163 e. The molecule has 1 unspecified atom stereocenters. The minimum atomic E-state index is -0.775. The Kier molecular flexibility index (Phi) is 4.55. The number of fused-ring (bicyclic) bond motifs is 1. The van der Waals surface area contributed by atoms with Crippen LogP contribution in [0, 0.1) is 17.6 Å². The van der Waals surface area contributed by atoms with Gasteiger partial charge in [0, 0.05) is 18.2 Å². The Morgan fingerprint density at radius 3 is 2.71 bits per heavy atom. The van der Waals surface area contributed by atoms with Gasteiger partial charge in [0.2, 0.25) is 0 Å². The van der Waals surface area contributed by atoms with Gasteiger partial charge in [-0.3, -0.25) is 4.90 Å². The van der Waals surface area contributed by atoms with Crippen LogP contribution in [-0.4, -0.2) is 24.0 Å². The van der Waals surface area contributed by atoms with Crippen molar-refractivity contribution in [1.29, 1.82) is 0 Å². The average Bonchev–Trinajstić information content (AvgIpc) is 2.52. The van der Waals surface area contributed by atoms with Crippen molar-refractivity contribution >= 4 is 0 Å². The Balaban J connectivity index is 1.89. The fraction of sp³-hybridized carbons (Fsp3) is 0.647. The molecular weight excluding hydrogens is 270 g/mol. The monoisotopic (exact) mass is 294 g/mol. The van der Waals surface area contributed by atoms with Gasteiger partial charge in [0.15, 0.2) is 11.6 Å². The van der Waals surface area contributed by atoms with E-state index in [1.807, 2.05) is 0 Å². The first-order chi connectivity index (χ1) is 10.2. The van der Waals surface area contributed by atoms with Crippen LogP contribution in [0.5, 0.6) is 0 Å². The van der Waals surface area contributed by atoms with Gasteiger partial charge in [-0.1, -0.05) is 25.0 Å². The third-order valence-corrected chi connectivity index (χ3v) is 5.25. The molecule has 116 valence electrons. The van der Waals surface area contributed by atoms with Crippen LogP contribution in [0.15, 0.2) is 18.2 Å². The number of hydrogen-bond donors (Lipinski definition) is 1. The minimum absolute atomic E-state index is 0.202. The van der Waals surface area contributed by atoms with E-state index in [1.165, 1.54) is 31.7 Å². The molecule has 2 fully saturated rings. The van der Waals surface area contributed by atoms with Crippen LogP contribution < -0.4 is 5.73 Å². The van der Waals surface area contributed by atoms with E-state index >= 15 is 0 Å². The van der Waals surface area contributed by atoms with Crippen LogP contribution in [0.1, 0.15) is 50.1 Å². The number of nitrogens with zero attached hydrogens (tertiary/aromatic N) is 1. The summed E-state index contributed by atoms with van der Waals surface area (Å²) in [5.74, 6) is -0.799. The first-order valence-corrected chi connectivity index (χ1v) is 8.12. The molecule has 0 bridgehead atoms. The van der Waals surface area contributed by atoms with Gasteiger partial charge in [-0.25, -0.2) is 8.78 Å². The molecule has 1 saturated carbocycles. The molecule has 1 aliphatic carbocycles. The molecule has 2 nitrogen and oxygen atoms in total. The molecule has 0 spiro atoms. The zero-order valence-electron chi connectivity index (χ0n) is 12.4. The van der Waals surface area contributed by atoms with Crippen molar-refractivity contribution in [2.45, 2.75) is 50.6 Å². The maximum absolute atomic E-state index is 14.2. The molecule has 1 heterocycles. The van der Waals surface area contributed by atoms with Crippen molar-refractivity contribution in [3.8, 4) is 0 Å². The lowest BCUT2D eigenvalue weighted by molar-refractivity contribution is 0.0263. The summed E-state index contributed by atoms with van der Waals surface area (Å²) in [7, 11) is 0. The summed E-state index contributed by atoms with van der Waals surface area (Å²) >= 11 is 0. The van der Waals surface area contributed by atoms with E-state index in [-0.39, 0.29) is 6.04 Å². The second-order valence-corrected chi connectivity index (χ2v) is 6.39. The summed E-state index contributed by atoms with van der Waals surface area (Å²) in [5, 5.41) is 0. The van der Waals surface area contributed by atoms with Crippen molar-refractivity contribution in [3.63, 3.8) is 0 Å². The van der Waals surface area contributed by atoms with Gasteiger partial charge in [-0.2, -0.15) is 0 Å². The maximum Gasteiger partial charge on any atom is 0.163 e. The second-order valence-electron chi connectivity index (χ2n) is 6.39. The molecule has 1 aromatic rings. The molecule has 0 amide bonds. The van der Waals surface area contributed by atoms with Crippen LogP contribution in [-0.2, 0) is 0 Å². The van der Waals surface area contributed by atoms with E-state index in [9.17, 15) is 8.78 Å². The quantitative estimate of drug-likeness (QED) is 0.922. The summed E-state index contributed by atoms with van der Waals surface area (Å²) in [5.41, 5.74) is 6.37. The van der Waals surface area contributed by atoms with E-state index in [2.05, 4.69) is 4.90 Å². The van der Waals surface area contributed by atoms with Crippen LogP contribution in [0.3, 0.4) is 0 Å². The predicted molar refractivity (Wildman–Crippen MR) is 79.8 cm³/mol. The first-order valence-electron chi connectivity index (χ1n) is 8.12. The highest BCUT2D eigenvalue weighted by molar-refractivity contribution is 5.23. The molecule has 0 aromatic heterocycles. The largest absolute Gasteiger partial charge is 0.329 e. The summed E-state index contributed by atoms with van der Waals surface area (Å²) in [6.45, 7) is 1.28. The van der Waals surface area contributed by atoms with E-state index < -0.39 is 11.6 Å². The highest BCUT2D eigenvalue weighted by Crippen LogP contribution is 2.39. The predicted octanol–water partition coefficient (Wildman–Crippen LogP) is 3.62. The Labute approximate surface area is 125 Å². The first kappa shape index (κ1) is 14.9. The van der Waals surface area contributed by atoms with Gasteiger partial charge in [0.05, 0.1) is 6.04 Å². The number of piperidine rings is 1. The van der Waals surface area contributed by atoms with Crippen LogP contribution in [0.2, 0.25) is 0 Å². The summed E-state index contributed by atoms with van der Waals surface area (Å²) in [6.07, 6.45) is 7.37. The molecule has 1 aliphatic heterocycles.